The molecule has 0 fully saturated rings. The fourth-order valence-corrected chi connectivity index (χ4v) is 2.26. The van der Waals surface area contributed by atoms with E-state index in [0.717, 1.165) is 10.8 Å². The van der Waals surface area contributed by atoms with Gasteiger partial charge >= 0.3 is 5.97 Å². The number of aliphatic carboxylic acids is 1. The minimum Gasteiger partial charge on any atom is -0.483 e. The molecule has 0 unspecified atom stereocenters. The number of hydrogen-bond donors (Lipinski definition) is 2. The van der Waals surface area contributed by atoms with Gasteiger partial charge < -0.3 is 15.2 Å². The Labute approximate surface area is 134 Å². The molecule has 2 N–H and O–H groups in total. The van der Waals surface area contributed by atoms with Gasteiger partial charge in [0.1, 0.15) is 11.8 Å². The molecule has 6 heteroatoms. The number of hydrogen-bond acceptors (Lipinski definition) is 4. The number of amides is 1. The highest BCUT2D eigenvalue weighted by Gasteiger charge is 2.25. The maximum Gasteiger partial charge on any atom is 0.326 e. The van der Waals surface area contributed by atoms with E-state index in [9.17, 15) is 14.7 Å². The number of nitrogens with one attached hydrogen (secondary N) is 1. The Morgan fingerprint density at radius 1 is 1.35 bits per heavy atom. The minimum atomic E-state index is -1.04. The molecule has 0 aliphatic heterocycles. The van der Waals surface area contributed by atoms with E-state index in [1.54, 1.807) is 25.4 Å². The Kier molecular flexibility index (Phi) is 5.51. The molecule has 1 aromatic carbocycles. The highest BCUT2D eigenvalue weighted by molar-refractivity contribution is 5.88. The van der Waals surface area contributed by atoms with Gasteiger partial charge in [0.25, 0.3) is 5.91 Å². The number of nitrogens with zero attached hydrogens (tertiary/aromatic N) is 1. The standard InChI is InChI=1S/C17H20N2O4/c1-3-11(2)16(17(21)22)19-15(20)10-23-14-6-4-5-12-9-18-8-7-13(12)14/h4-9,11,16H,3,10H2,1-2H3,(H,19,20)(H,21,22)/t11-,16-/m0/s1. The van der Waals surface area contributed by atoms with Crippen molar-refractivity contribution in [2.45, 2.75) is 26.3 Å². The molecule has 1 amide bonds. The zero-order chi connectivity index (χ0) is 16.8. The van der Waals surface area contributed by atoms with Gasteiger partial charge in [-0.05, 0) is 18.1 Å². The number of pyridine rings is 1. The van der Waals surface area contributed by atoms with Gasteiger partial charge in [0.2, 0.25) is 0 Å². The van der Waals surface area contributed by atoms with Crippen LogP contribution in [0.15, 0.2) is 36.7 Å². The van der Waals surface area contributed by atoms with Crippen LogP contribution in [0.1, 0.15) is 20.3 Å². The van der Waals surface area contributed by atoms with Crippen LogP contribution in [-0.4, -0.2) is 34.6 Å². The Hall–Kier alpha value is -2.63. The third-order valence-corrected chi connectivity index (χ3v) is 3.80. The summed E-state index contributed by atoms with van der Waals surface area (Å²) in [5.41, 5.74) is 0. The first-order valence-corrected chi connectivity index (χ1v) is 7.50. The summed E-state index contributed by atoms with van der Waals surface area (Å²) in [7, 11) is 0. The molecule has 6 nitrogen and oxygen atoms in total. The summed E-state index contributed by atoms with van der Waals surface area (Å²) in [6.45, 7) is 3.44. The highest BCUT2D eigenvalue weighted by atomic mass is 16.5. The van der Waals surface area contributed by atoms with Crippen molar-refractivity contribution >= 4 is 22.6 Å². The molecule has 0 spiro atoms. The summed E-state index contributed by atoms with van der Waals surface area (Å²) < 4.78 is 5.54. The molecule has 0 aliphatic carbocycles. The molecule has 2 aromatic rings. The van der Waals surface area contributed by atoms with Gasteiger partial charge in [-0.25, -0.2) is 4.79 Å². The number of carboxylic acid groups (broad SMARTS) is 1. The molecule has 0 aliphatic rings. The van der Waals surface area contributed by atoms with Gasteiger partial charge in [0, 0.05) is 23.2 Å². The predicted molar refractivity (Wildman–Crippen MR) is 86.3 cm³/mol. The van der Waals surface area contributed by atoms with E-state index in [-0.39, 0.29) is 12.5 Å². The summed E-state index contributed by atoms with van der Waals surface area (Å²) in [4.78, 5) is 27.2. The van der Waals surface area contributed by atoms with Crippen molar-refractivity contribution < 1.29 is 19.4 Å². The summed E-state index contributed by atoms with van der Waals surface area (Å²) in [5, 5.41) is 13.5. The number of carbonyl (C=O) groups is 2. The second-order valence-electron chi connectivity index (χ2n) is 5.41. The number of rotatable bonds is 7. The molecule has 0 saturated heterocycles. The van der Waals surface area contributed by atoms with E-state index < -0.39 is 17.9 Å². The fourth-order valence-electron chi connectivity index (χ4n) is 2.26. The van der Waals surface area contributed by atoms with E-state index in [0.29, 0.717) is 12.2 Å². The zero-order valence-electron chi connectivity index (χ0n) is 13.2. The predicted octanol–water partition coefficient (Wildman–Crippen LogP) is 2.23. The fraction of sp³-hybridized carbons (Fsp3) is 0.353. The van der Waals surface area contributed by atoms with Crippen molar-refractivity contribution in [1.82, 2.24) is 10.3 Å². The molecule has 1 aromatic heterocycles. The lowest BCUT2D eigenvalue weighted by atomic mass is 9.99. The first-order chi connectivity index (χ1) is 11.0. The summed E-state index contributed by atoms with van der Waals surface area (Å²) in [5.74, 6) is -1.08. The van der Waals surface area contributed by atoms with Gasteiger partial charge in [0.15, 0.2) is 6.61 Å². The van der Waals surface area contributed by atoms with Crippen molar-refractivity contribution in [2.24, 2.45) is 5.92 Å². The van der Waals surface area contributed by atoms with E-state index in [2.05, 4.69) is 10.3 Å². The Balaban J connectivity index is 2.02. The maximum atomic E-state index is 12.0. The summed E-state index contributed by atoms with van der Waals surface area (Å²) >= 11 is 0. The van der Waals surface area contributed by atoms with Crippen LogP contribution in [0, 0.1) is 5.92 Å². The van der Waals surface area contributed by atoms with Crippen molar-refractivity contribution in [3.05, 3.63) is 36.7 Å². The number of fused-ring (bicyclic) bond motifs is 1. The molecule has 23 heavy (non-hydrogen) atoms. The SMILES string of the molecule is CC[C@H](C)[C@H](NC(=O)COc1cccc2cnccc12)C(=O)O. The lowest BCUT2D eigenvalue weighted by molar-refractivity contribution is -0.143. The molecule has 1 heterocycles. The second-order valence-corrected chi connectivity index (χ2v) is 5.41. The van der Waals surface area contributed by atoms with Crippen molar-refractivity contribution in [2.75, 3.05) is 6.61 Å². The topological polar surface area (TPSA) is 88.5 Å². The molecular formula is C17H20N2O4. The van der Waals surface area contributed by atoms with Crippen molar-refractivity contribution in [1.29, 1.82) is 0 Å². The van der Waals surface area contributed by atoms with E-state index >= 15 is 0 Å². The van der Waals surface area contributed by atoms with E-state index in [4.69, 9.17) is 4.74 Å². The Morgan fingerprint density at radius 2 is 2.13 bits per heavy atom. The smallest absolute Gasteiger partial charge is 0.326 e. The van der Waals surface area contributed by atoms with Crippen LogP contribution in [0.5, 0.6) is 5.75 Å². The molecule has 0 radical (unpaired) electrons. The van der Waals surface area contributed by atoms with Gasteiger partial charge in [-0.15, -0.1) is 0 Å². The lowest BCUT2D eigenvalue weighted by Crippen LogP contribution is -2.46. The number of aromatic nitrogens is 1. The van der Waals surface area contributed by atoms with Crippen LogP contribution < -0.4 is 10.1 Å². The normalized spacial score (nSPS) is 13.3. The van der Waals surface area contributed by atoms with Gasteiger partial charge in [0.05, 0.1) is 0 Å². The maximum absolute atomic E-state index is 12.0. The van der Waals surface area contributed by atoms with E-state index in [1.807, 2.05) is 25.1 Å². The van der Waals surface area contributed by atoms with Crippen LogP contribution in [0.3, 0.4) is 0 Å². The second kappa shape index (κ2) is 7.58. The van der Waals surface area contributed by atoms with Crippen LogP contribution in [0.4, 0.5) is 0 Å². The average Bonchev–Trinajstić information content (AvgIpc) is 2.56. The summed E-state index contributed by atoms with van der Waals surface area (Å²) in [6, 6.07) is 6.38. The van der Waals surface area contributed by atoms with Crippen LogP contribution in [-0.2, 0) is 9.59 Å². The molecule has 2 rings (SSSR count). The third kappa shape index (κ3) is 4.18. The molecule has 122 valence electrons. The molecular weight excluding hydrogens is 296 g/mol. The number of carbonyl (C=O) groups excluding carboxylic acids is 1. The van der Waals surface area contributed by atoms with Gasteiger partial charge in [-0.2, -0.15) is 0 Å². The number of ether oxygens (including phenoxy) is 1. The lowest BCUT2D eigenvalue weighted by Gasteiger charge is -2.20. The first-order valence-electron chi connectivity index (χ1n) is 7.50. The Morgan fingerprint density at radius 3 is 2.83 bits per heavy atom. The van der Waals surface area contributed by atoms with Crippen molar-refractivity contribution in [3.8, 4) is 5.75 Å². The van der Waals surface area contributed by atoms with Gasteiger partial charge in [-0.3, -0.25) is 9.78 Å². The van der Waals surface area contributed by atoms with Crippen LogP contribution in [0.2, 0.25) is 0 Å². The Bertz CT molecular complexity index is 697. The average molecular weight is 316 g/mol. The van der Waals surface area contributed by atoms with Crippen LogP contribution >= 0.6 is 0 Å². The molecule has 2 atom stereocenters. The van der Waals surface area contributed by atoms with E-state index in [1.165, 1.54) is 0 Å². The van der Waals surface area contributed by atoms with Crippen LogP contribution in [0.25, 0.3) is 10.8 Å². The molecule has 0 bridgehead atoms. The molecule has 0 saturated carbocycles. The first kappa shape index (κ1) is 16.7. The zero-order valence-corrected chi connectivity index (χ0v) is 13.2. The number of carboxylic acids is 1. The minimum absolute atomic E-state index is 0.153. The number of benzene rings is 1. The quantitative estimate of drug-likeness (QED) is 0.817. The largest absolute Gasteiger partial charge is 0.483 e. The van der Waals surface area contributed by atoms with Gasteiger partial charge in [-0.1, -0.05) is 32.4 Å². The highest BCUT2D eigenvalue weighted by Crippen LogP contribution is 2.24. The van der Waals surface area contributed by atoms with Crippen molar-refractivity contribution in [3.63, 3.8) is 0 Å². The summed E-state index contributed by atoms with van der Waals surface area (Å²) in [6.07, 6.45) is 4.03. The third-order valence-electron chi connectivity index (χ3n) is 3.80. The monoisotopic (exact) mass is 316 g/mol.